The molecule has 1 aromatic carbocycles. The number of carbonyl (C=O) groups excluding carboxylic acids is 2. The van der Waals surface area contributed by atoms with E-state index in [0.29, 0.717) is 18.2 Å². The number of benzene rings is 1. The van der Waals surface area contributed by atoms with E-state index in [1.807, 2.05) is 29.2 Å². The van der Waals surface area contributed by atoms with E-state index in [1.165, 1.54) is 18.9 Å². The Morgan fingerprint density at radius 3 is 2.65 bits per heavy atom. The molecule has 1 aliphatic carbocycles. The van der Waals surface area contributed by atoms with Crippen LogP contribution in [0.4, 0.5) is 5.69 Å². The first-order valence-corrected chi connectivity index (χ1v) is 8.34. The van der Waals surface area contributed by atoms with E-state index < -0.39 is 0 Å². The van der Waals surface area contributed by atoms with Crippen LogP contribution in [0.15, 0.2) is 36.9 Å². The Hall–Kier alpha value is -2.10. The Labute approximate surface area is 138 Å². The molecule has 1 aliphatic rings. The van der Waals surface area contributed by atoms with Crippen molar-refractivity contribution in [1.82, 2.24) is 4.90 Å². The molecule has 0 heterocycles. The molecule has 0 saturated heterocycles. The summed E-state index contributed by atoms with van der Waals surface area (Å²) in [4.78, 5) is 26.2. The molecule has 4 nitrogen and oxygen atoms in total. The van der Waals surface area contributed by atoms with Crippen LogP contribution in [0.1, 0.15) is 45.1 Å². The summed E-state index contributed by atoms with van der Waals surface area (Å²) < 4.78 is 0. The summed E-state index contributed by atoms with van der Waals surface area (Å²) in [5.41, 5.74) is 1.61. The minimum absolute atomic E-state index is 0.166. The van der Waals surface area contributed by atoms with Crippen LogP contribution in [-0.4, -0.2) is 28.8 Å². The zero-order chi connectivity index (χ0) is 16.8. The number of hydrogen-bond acceptors (Lipinski definition) is 2. The molecule has 1 aromatic rings. The second kappa shape index (κ2) is 7.95. The SMILES string of the molecule is C=CC(=O)Nc1cccc(CC(=O)N(C(C)C)C2CCCC2)c1. The molecule has 0 spiro atoms. The molecule has 124 valence electrons. The van der Waals surface area contributed by atoms with Gasteiger partial charge in [0, 0.05) is 17.8 Å². The highest BCUT2D eigenvalue weighted by molar-refractivity contribution is 5.98. The van der Waals surface area contributed by atoms with Gasteiger partial charge in [-0.1, -0.05) is 31.6 Å². The predicted octanol–water partition coefficient (Wildman–Crippen LogP) is 3.53. The van der Waals surface area contributed by atoms with Crippen LogP contribution < -0.4 is 5.32 Å². The first-order valence-electron chi connectivity index (χ1n) is 8.34. The molecule has 0 radical (unpaired) electrons. The number of rotatable bonds is 6. The number of anilines is 1. The van der Waals surface area contributed by atoms with Crippen molar-refractivity contribution in [2.45, 2.75) is 58.0 Å². The molecule has 1 saturated carbocycles. The summed E-state index contributed by atoms with van der Waals surface area (Å²) in [6.45, 7) is 7.60. The van der Waals surface area contributed by atoms with Gasteiger partial charge in [0.05, 0.1) is 6.42 Å². The molecular formula is C19H26N2O2. The second-order valence-corrected chi connectivity index (χ2v) is 6.40. The highest BCUT2D eigenvalue weighted by Gasteiger charge is 2.28. The fourth-order valence-corrected chi connectivity index (χ4v) is 3.31. The van der Waals surface area contributed by atoms with Crippen molar-refractivity contribution in [2.75, 3.05) is 5.32 Å². The van der Waals surface area contributed by atoms with E-state index in [9.17, 15) is 9.59 Å². The lowest BCUT2D eigenvalue weighted by Crippen LogP contribution is -2.44. The summed E-state index contributed by atoms with van der Waals surface area (Å²) in [6.07, 6.45) is 6.25. The molecule has 23 heavy (non-hydrogen) atoms. The van der Waals surface area contributed by atoms with Crippen LogP contribution in [0.5, 0.6) is 0 Å². The van der Waals surface area contributed by atoms with Crippen molar-refractivity contribution in [2.24, 2.45) is 0 Å². The van der Waals surface area contributed by atoms with Crippen molar-refractivity contribution >= 4 is 17.5 Å². The largest absolute Gasteiger partial charge is 0.337 e. The van der Waals surface area contributed by atoms with Gasteiger partial charge in [-0.3, -0.25) is 9.59 Å². The van der Waals surface area contributed by atoms with E-state index in [1.54, 1.807) is 0 Å². The van der Waals surface area contributed by atoms with Gasteiger partial charge in [0.15, 0.2) is 0 Å². The van der Waals surface area contributed by atoms with Gasteiger partial charge in [-0.05, 0) is 50.5 Å². The highest BCUT2D eigenvalue weighted by atomic mass is 16.2. The maximum atomic E-state index is 12.8. The maximum Gasteiger partial charge on any atom is 0.247 e. The molecule has 4 heteroatoms. The third kappa shape index (κ3) is 4.68. The number of nitrogens with zero attached hydrogens (tertiary/aromatic N) is 1. The van der Waals surface area contributed by atoms with Crippen LogP contribution in [0, 0.1) is 0 Å². The second-order valence-electron chi connectivity index (χ2n) is 6.40. The molecule has 1 fully saturated rings. The molecule has 1 N–H and O–H groups in total. The van der Waals surface area contributed by atoms with Crippen LogP contribution in [0.3, 0.4) is 0 Å². The quantitative estimate of drug-likeness (QED) is 0.817. The van der Waals surface area contributed by atoms with Crippen molar-refractivity contribution in [1.29, 1.82) is 0 Å². The molecule has 0 unspecified atom stereocenters. The monoisotopic (exact) mass is 314 g/mol. The Morgan fingerprint density at radius 1 is 1.35 bits per heavy atom. The number of amides is 2. The Balaban J connectivity index is 2.07. The first kappa shape index (κ1) is 17.3. The van der Waals surface area contributed by atoms with Gasteiger partial charge in [0.1, 0.15) is 0 Å². The van der Waals surface area contributed by atoms with Gasteiger partial charge in [0.25, 0.3) is 0 Å². The molecule has 0 atom stereocenters. The van der Waals surface area contributed by atoms with Crippen molar-refractivity contribution in [3.63, 3.8) is 0 Å². The summed E-state index contributed by atoms with van der Waals surface area (Å²) in [7, 11) is 0. The smallest absolute Gasteiger partial charge is 0.247 e. The van der Waals surface area contributed by atoms with Crippen LogP contribution in [0.2, 0.25) is 0 Å². The Bertz CT molecular complexity index is 574. The van der Waals surface area contributed by atoms with E-state index in [4.69, 9.17) is 0 Å². The average Bonchev–Trinajstić information content (AvgIpc) is 3.01. The van der Waals surface area contributed by atoms with E-state index >= 15 is 0 Å². The predicted molar refractivity (Wildman–Crippen MR) is 93.2 cm³/mol. The molecule has 0 aliphatic heterocycles. The number of nitrogens with one attached hydrogen (secondary N) is 1. The molecule has 2 amide bonds. The standard InChI is InChI=1S/C19H26N2O2/c1-4-18(22)20-16-9-7-8-15(12-16)13-19(23)21(14(2)3)17-10-5-6-11-17/h4,7-9,12,14,17H,1,5-6,10-11,13H2,2-3H3,(H,20,22). The maximum absolute atomic E-state index is 12.8. The molecular weight excluding hydrogens is 288 g/mol. The summed E-state index contributed by atoms with van der Waals surface area (Å²) >= 11 is 0. The average molecular weight is 314 g/mol. The van der Waals surface area contributed by atoms with Crippen molar-refractivity contribution < 1.29 is 9.59 Å². The third-order valence-electron chi connectivity index (χ3n) is 4.30. The fraction of sp³-hybridized carbons (Fsp3) is 0.474. The van der Waals surface area contributed by atoms with E-state index in [2.05, 4.69) is 25.7 Å². The molecule has 0 bridgehead atoms. The van der Waals surface area contributed by atoms with Crippen molar-refractivity contribution in [3.8, 4) is 0 Å². The lowest BCUT2D eigenvalue weighted by molar-refractivity contribution is -0.134. The zero-order valence-corrected chi connectivity index (χ0v) is 14.0. The van der Waals surface area contributed by atoms with E-state index in [-0.39, 0.29) is 17.9 Å². The topological polar surface area (TPSA) is 49.4 Å². The molecule has 0 aromatic heterocycles. The number of carbonyl (C=O) groups is 2. The van der Waals surface area contributed by atoms with Gasteiger partial charge >= 0.3 is 0 Å². The van der Waals surface area contributed by atoms with Gasteiger partial charge in [-0.25, -0.2) is 0 Å². The van der Waals surface area contributed by atoms with Crippen molar-refractivity contribution in [3.05, 3.63) is 42.5 Å². The summed E-state index contributed by atoms with van der Waals surface area (Å²) in [6, 6.07) is 8.05. The minimum Gasteiger partial charge on any atom is -0.337 e. The fourth-order valence-electron chi connectivity index (χ4n) is 3.31. The van der Waals surface area contributed by atoms with Crippen LogP contribution in [-0.2, 0) is 16.0 Å². The lowest BCUT2D eigenvalue weighted by Gasteiger charge is -2.33. The Kier molecular flexibility index (Phi) is 5.97. The normalized spacial score (nSPS) is 14.7. The van der Waals surface area contributed by atoms with Gasteiger partial charge in [-0.2, -0.15) is 0 Å². The lowest BCUT2D eigenvalue weighted by atomic mass is 10.1. The van der Waals surface area contributed by atoms with Crippen LogP contribution >= 0.6 is 0 Å². The number of hydrogen-bond donors (Lipinski definition) is 1. The molecule has 2 rings (SSSR count). The van der Waals surface area contributed by atoms with E-state index in [0.717, 1.165) is 18.4 Å². The summed E-state index contributed by atoms with van der Waals surface area (Å²) in [5.74, 6) is -0.0812. The first-order chi connectivity index (χ1) is 11.0. The minimum atomic E-state index is -0.247. The van der Waals surface area contributed by atoms with Gasteiger partial charge in [0.2, 0.25) is 11.8 Å². The zero-order valence-electron chi connectivity index (χ0n) is 14.0. The third-order valence-corrected chi connectivity index (χ3v) is 4.30. The Morgan fingerprint density at radius 2 is 2.04 bits per heavy atom. The van der Waals surface area contributed by atoms with Crippen LogP contribution in [0.25, 0.3) is 0 Å². The van der Waals surface area contributed by atoms with Gasteiger partial charge < -0.3 is 10.2 Å². The highest BCUT2D eigenvalue weighted by Crippen LogP contribution is 2.26. The summed E-state index contributed by atoms with van der Waals surface area (Å²) in [5, 5.41) is 2.73. The van der Waals surface area contributed by atoms with Gasteiger partial charge in [-0.15, -0.1) is 0 Å².